The number of nitriles is 1. The molecule has 5 heteroatoms. The second kappa shape index (κ2) is 4.99. The number of carbonyl (C=O) groups excluding carboxylic acids is 1. The van der Waals surface area contributed by atoms with Crippen molar-refractivity contribution in [3.8, 4) is 6.07 Å². The third-order valence-electron chi connectivity index (χ3n) is 2.28. The molecule has 0 radical (unpaired) electrons. The molecule has 0 bridgehead atoms. The van der Waals surface area contributed by atoms with Crippen molar-refractivity contribution < 1.29 is 9.53 Å². The Labute approximate surface area is 95.9 Å². The van der Waals surface area contributed by atoms with Crippen LogP contribution < -0.4 is 0 Å². The number of rotatable bonds is 2. The number of allylic oxidation sites excluding steroid dienone is 1. The molecule has 2 unspecified atom stereocenters. The summed E-state index contributed by atoms with van der Waals surface area (Å²) in [6.07, 6.45) is 1.11. The highest BCUT2D eigenvalue weighted by atomic mass is 16.5. The summed E-state index contributed by atoms with van der Waals surface area (Å²) < 4.78 is 5.39. The zero-order chi connectivity index (χ0) is 12.3. The maximum Gasteiger partial charge on any atom is 0.256 e. The smallest absolute Gasteiger partial charge is 0.256 e. The van der Waals surface area contributed by atoms with Crippen molar-refractivity contribution >= 4 is 5.91 Å². The van der Waals surface area contributed by atoms with E-state index in [4.69, 9.17) is 10.00 Å². The molecule has 0 aliphatic carbocycles. The van der Waals surface area contributed by atoms with Crippen LogP contribution in [0.1, 0.15) is 13.8 Å². The predicted molar refractivity (Wildman–Crippen MR) is 59.1 cm³/mol. The molecule has 1 saturated heterocycles. The van der Waals surface area contributed by atoms with Gasteiger partial charge in [-0.25, -0.2) is 0 Å². The van der Waals surface area contributed by atoms with E-state index in [0.717, 1.165) is 0 Å². The Kier molecular flexibility index (Phi) is 3.91. The summed E-state index contributed by atoms with van der Waals surface area (Å²) in [4.78, 5) is 15.1. The highest BCUT2D eigenvalue weighted by Gasteiger charge is 2.32. The van der Waals surface area contributed by atoms with Crippen LogP contribution in [0.5, 0.6) is 0 Å². The number of carbonyl (C=O) groups is 1. The van der Waals surface area contributed by atoms with Crippen LogP contribution in [0, 0.1) is 11.3 Å². The molecule has 16 heavy (non-hydrogen) atoms. The van der Waals surface area contributed by atoms with Gasteiger partial charge in [-0.1, -0.05) is 0 Å². The van der Waals surface area contributed by atoms with Gasteiger partial charge < -0.3 is 9.64 Å². The largest absolute Gasteiger partial charge is 0.381 e. The molecule has 0 aromatic heterocycles. The van der Waals surface area contributed by atoms with E-state index in [1.54, 1.807) is 18.0 Å². The van der Waals surface area contributed by atoms with Gasteiger partial charge in [0.1, 0.15) is 17.9 Å². The minimum absolute atomic E-state index is 0.0494. The van der Waals surface area contributed by atoms with E-state index in [-0.39, 0.29) is 12.0 Å². The van der Waals surface area contributed by atoms with E-state index in [1.165, 1.54) is 4.90 Å². The predicted octanol–water partition coefficient (Wildman–Crippen LogP) is 0.549. The maximum atomic E-state index is 11.8. The Hall–Kier alpha value is -1.54. The third kappa shape index (κ3) is 2.74. The molecule has 0 N–H and O–H groups in total. The molecule has 88 valence electrons. The van der Waals surface area contributed by atoms with Crippen molar-refractivity contribution in [2.24, 2.45) is 0 Å². The highest BCUT2D eigenvalue weighted by Crippen LogP contribution is 2.17. The van der Waals surface area contributed by atoms with E-state index < -0.39 is 6.10 Å². The minimum Gasteiger partial charge on any atom is -0.381 e. The Balaban J connectivity index is 2.93. The van der Waals surface area contributed by atoms with Gasteiger partial charge in [0, 0.05) is 20.3 Å². The molecule has 0 spiro atoms. The van der Waals surface area contributed by atoms with Crippen molar-refractivity contribution in [2.45, 2.75) is 26.1 Å². The number of ether oxygens (including phenoxy) is 1. The van der Waals surface area contributed by atoms with Gasteiger partial charge in [-0.2, -0.15) is 5.26 Å². The molecule has 0 aromatic carbocycles. The van der Waals surface area contributed by atoms with Crippen LogP contribution in [0.2, 0.25) is 0 Å². The molecule has 1 heterocycles. The van der Waals surface area contributed by atoms with Gasteiger partial charge in [0.2, 0.25) is 0 Å². The Bertz CT molecular complexity index is 344. The molecular weight excluding hydrogens is 206 g/mol. The van der Waals surface area contributed by atoms with Crippen molar-refractivity contribution in [1.29, 1.82) is 5.26 Å². The summed E-state index contributed by atoms with van der Waals surface area (Å²) in [5.41, 5.74) is 0.358. The molecule has 5 nitrogen and oxygen atoms in total. The van der Waals surface area contributed by atoms with Crippen molar-refractivity contribution in [3.05, 3.63) is 11.9 Å². The first kappa shape index (κ1) is 12.5. The fourth-order valence-electron chi connectivity index (χ4n) is 1.64. The van der Waals surface area contributed by atoms with Gasteiger partial charge in [-0.05, 0) is 13.8 Å². The van der Waals surface area contributed by atoms with Crippen LogP contribution in [-0.4, -0.2) is 48.6 Å². The van der Waals surface area contributed by atoms with Crippen molar-refractivity contribution in [1.82, 2.24) is 9.80 Å². The number of hydrogen-bond acceptors (Lipinski definition) is 4. The fourth-order valence-corrected chi connectivity index (χ4v) is 1.64. The lowest BCUT2D eigenvalue weighted by atomic mass is 10.2. The van der Waals surface area contributed by atoms with Gasteiger partial charge >= 0.3 is 0 Å². The van der Waals surface area contributed by atoms with Crippen LogP contribution in [-0.2, 0) is 9.53 Å². The first-order chi connectivity index (χ1) is 7.45. The summed E-state index contributed by atoms with van der Waals surface area (Å²) in [5.74, 6) is -0.159. The number of amides is 1. The molecule has 0 saturated carbocycles. The quantitative estimate of drug-likeness (QED) is 0.641. The summed E-state index contributed by atoms with van der Waals surface area (Å²) in [5, 5.41) is 9.04. The lowest BCUT2D eigenvalue weighted by molar-refractivity contribution is -0.155. The van der Waals surface area contributed by atoms with Crippen molar-refractivity contribution in [2.75, 3.05) is 20.6 Å². The second-order valence-electron chi connectivity index (χ2n) is 4.13. The molecule has 1 aliphatic heterocycles. The second-order valence-corrected chi connectivity index (χ2v) is 4.13. The Morgan fingerprint density at radius 2 is 2.25 bits per heavy atom. The van der Waals surface area contributed by atoms with Gasteiger partial charge in [0.25, 0.3) is 5.91 Å². The first-order valence-electron chi connectivity index (χ1n) is 5.21. The monoisotopic (exact) mass is 223 g/mol. The van der Waals surface area contributed by atoms with E-state index in [1.807, 2.05) is 27.1 Å². The Morgan fingerprint density at radius 3 is 2.75 bits per heavy atom. The molecule has 1 rings (SSSR count). The fraction of sp³-hybridized carbons (Fsp3) is 0.636. The van der Waals surface area contributed by atoms with Gasteiger partial charge in [-0.15, -0.1) is 0 Å². The normalized spacial score (nSPS) is 26.6. The van der Waals surface area contributed by atoms with Crippen molar-refractivity contribution in [3.63, 3.8) is 0 Å². The molecule has 1 amide bonds. The average molecular weight is 223 g/mol. The van der Waals surface area contributed by atoms with Gasteiger partial charge in [-0.3, -0.25) is 9.69 Å². The average Bonchev–Trinajstić information content (AvgIpc) is 2.20. The standard InChI is InChI=1S/C11H17N3O2/c1-8-6-14(11(15)9(2)16-8)10(5-12)7-13(3)4/h7-9H,6H2,1-4H3. The lowest BCUT2D eigenvalue weighted by Gasteiger charge is -2.34. The van der Waals surface area contributed by atoms with E-state index in [9.17, 15) is 4.79 Å². The van der Waals surface area contributed by atoms with E-state index >= 15 is 0 Å². The van der Waals surface area contributed by atoms with Crippen LogP contribution in [0.15, 0.2) is 11.9 Å². The van der Waals surface area contributed by atoms with Crippen LogP contribution >= 0.6 is 0 Å². The molecule has 2 atom stereocenters. The minimum atomic E-state index is -0.484. The topological polar surface area (TPSA) is 56.6 Å². The zero-order valence-corrected chi connectivity index (χ0v) is 10.1. The van der Waals surface area contributed by atoms with E-state index in [2.05, 4.69) is 0 Å². The van der Waals surface area contributed by atoms with E-state index in [0.29, 0.717) is 12.2 Å². The summed E-state index contributed by atoms with van der Waals surface area (Å²) in [6, 6.07) is 2.04. The summed E-state index contributed by atoms with van der Waals surface area (Å²) in [7, 11) is 3.63. The summed E-state index contributed by atoms with van der Waals surface area (Å²) in [6.45, 7) is 4.02. The third-order valence-corrected chi connectivity index (χ3v) is 2.28. The lowest BCUT2D eigenvalue weighted by Crippen LogP contribution is -2.49. The number of hydrogen-bond donors (Lipinski definition) is 0. The SMILES string of the molecule is CC1CN(C(C#N)=CN(C)C)C(=O)C(C)O1. The van der Waals surface area contributed by atoms with Crippen LogP contribution in [0.25, 0.3) is 0 Å². The summed E-state index contributed by atoms with van der Waals surface area (Å²) >= 11 is 0. The van der Waals surface area contributed by atoms with Crippen LogP contribution in [0.4, 0.5) is 0 Å². The number of nitrogens with zero attached hydrogens (tertiary/aromatic N) is 3. The molecular formula is C11H17N3O2. The maximum absolute atomic E-state index is 11.8. The highest BCUT2D eigenvalue weighted by molar-refractivity contribution is 5.83. The number of morpholine rings is 1. The first-order valence-corrected chi connectivity index (χ1v) is 5.21. The van der Waals surface area contributed by atoms with Gasteiger partial charge in [0.05, 0.1) is 12.6 Å². The Morgan fingerprint density at radius 1 is 1.62 bits per heavy atom. The van der Waals surface area contributed by atoms with Crippen LogP contribution in [0.3, 0.4) is 0 Å². The zero-order valence-electron chi connectivity index (χ0n) is 10.1. The van der Waals surface area contributed by atoms with Gasteiger partial charge in [0.15, 0.2) is 0 Å². The molecule has 1 aliphatic rings. The molecule has 0 aromatic rings. The molecule has 1 fully saturated rings.